The van der Waals surface area contributed by atoms with E-state index in [0.717, 1.165) is 55.9 Å². The zero-order chi connectivity index (χ0) is 17.7. The Morgan fingerprint density at radius 3 is 2.65 bits per heavy atom. The van der Waals surface area contributed by atoms with Crippen molar-refractivity contribution in [3.05, 3.63) is 46.4 Å². The molecule has 0 amide bonds. The van der Waals surface area contributed by atoms with Gasteiger partial charge in [-0.05, 0) is 44.7 Å². The second kappa shape index (κ2) is 5.89. The van der Waals surface area contributed by atoms with Crippen LogP contribution in [-0.2, 0) is 0 Å². The van der Waals surface area contributed by atoms with Crippen molar-refractivity contribution in [2.75, 3.05) is 18.0 Å². The molecule has 0 aromatic carbocycles. The van der Waals surface area contributed by atoms with Gasteiger partial charge in [-0.25, -0.2) is 4.98 Å². The highest BCUT2D eigenvalue weighted by molar-refractivity contribution is 5.39. The van der Waals surface area contributed by atoms with Crippen LogP contribution in [-0.4, -0.2) is 42.5 Å². The molecular formula is C18H21N7O. The third-order valence-corrected chi connectivity index (χ3v) is 5.37. The molecule has 8 nitrogen and oxygen atoms in total. The maximum atomic E-state index is 12.7. The van der Waals surface area contributed by atoms with E-state index in [0.29, 0.717) is 17.8 Å². The van der Waals surface area contributed by atoms with Crippen LogP contribution >= 0.6 is 0 Å². The molecule has 1 aliphatic carbocycles. The normalized spacial score (nSPS) is 18.6. The van der Waals surface area contributed by atoms with Crippen molar-refractivity contribution in [3.63, 3.8) is 0 Å². The minimum Gasteiger partial charge on any atom is -0.352 e. The maximum Gasteiger partial charge on any atom is 0.293 e. The van der Waals surface area contributed by atoms with Gasteiger partial charge in [-0.2, -0.15) is 9.61 Å². The molecule has 0 N–H and O–H groups in total. The summed E-state index contributed by atoms with van der Waals surface area (Å²) in [6, 6.07) is 4.27. The second-order valence-corrected chi connectivity index (χ2v) is 7.26. The molecule has 0 radical (unpaired) electrons. The van der Waals surface area contributed by atoms with Crippen molar-refractivity contribution in [2.24, 2.45) is 0 Å². The Morgan fingerprint density at radius 1 is 1.08 bits per heavy atom. The van der Waals surface area contributed by atoms with Gasteiger partial charge in [0.2, 0.25) is 0 Å². The monoisotopic (exact) mass is 351 g/mol. The minimum atomic E-state index is 0.0404. The minimum absolute atomic E-state index is 0.0404. The van der Waals surface area contributed by atoms with E-state index in [1.807, 2.05) is 34.3 Å². The number of hydrogen-bond donors (Lipinski definition) is 0. The molecular weight excluding hydrogens is 330 g/mol. The summed E-state index contributed by atoms with van der Waals surface area (Å²) in [4.78, 5) is 19.2. The summed E-state index contributed by atoms with van der Waals surface area (Å²) < 4.78 is 3.70. The van der Waals surface area contributed by atoms with Gasteiger partial charge in [0.25, 0.3) is 5.56 Å². The zero-order valence-corrected chi connectivity index (χ0v) is 14.7. The number of hydrogen-bond acceptors (Lipinski definition) is 6. The van der Waals surface area contributed by atoms with E-state index in [4.69, 9.17) is 0 Å². The maximum absolute atomic E-state index is 12.7. The van der Waals surface area contributed by atoms with Gasteiger partial charge >= 0.3 is 0 Å². The van der Waals surface area contributed by atoms with Crippen LogP contribution < -0.4 is 10.5 Å². The molecule has 2 fully saturated rings. The standard InChI is InChI=1S/C18H21N7O/c1-12-2-5-15-20-21-16(25(15)22-12)13-6-9-23(10-7-13)17-18(26)24(11-8-19-17)14-3-4-14/h2,5,8,11,13-14H,3-4,6-7,9-10H2,1H3. The second-order valence-electron chi connectivity index (χ2n) is 7.26. The fourth-order valence-electron chi connectivity index (χ4n) is 3.77. The van der Waals surface area contributed by atoms with Gasteiger partial charge in [0.05, 0.1) is 5.69 Å². The predicted molar refractivity (Wildman–Crippen MR) is 96.5 cm³/mol. The number of aryl methyl sites for hydroxylation is 1. The summed E-state index contributed by atoms with van der Waals surface area (Å²) in [6.45, 7) is 3.56. The van der Waals surface area contributed by atoms with Crippen LogP contribution in [0, 0.1) is 6.92 Å². The van der Waals surface area contributed by atoms with Crippen LogP contribution in [0.5, 0.6) is 0 Å². The quantitative estimate of drug-likeness (QED) is 0.714. The van der Waals surface area contributed by atoms with Crippen LogP contribution in [0.4, 0.5) is 5.82 Å². The van der Waals surface area contributed by atoms with E-state index in [1.165, 1.54) is 0 Å². The molecule has 134 valence electrons. The first-order valence-electron chi connectivity index (χ1n) is 9.22. The highest BCUT2D eigenvalue weighted by atomic mass is 16.1. The average Bonchev–Trinajstić information content (AvgIpc) is 3.42. The first-order chi connectivity index (χ1) is 12.7. The van der Waals surface area contributed by atoms with Gasteiger partial charge < -0.3 is 9.47 Å². The van der Waals surface area contributed by atoms with Gasteiger partial charge in [0, 0.05) is 37.4 Å². The summed E-state index contributed by atoms with van der Waals surface area (Å²) >= 11 is 0. The highest BCUT2D eigenvalue weighted by Gasteiger charge is 2.29. The molecule has 5 rings (SSSR count). The van der Waals surface area contributed by atoms with Crippen LogP contribution in [0.15, 0.2) is 29.3 Å². The molecule has 4 heterocycles. The average molecular weight is 351 g/mol. The summed E-state index contributed by atoms with van der Waals surface area (Å²) in [5, 5.41) is 13.2. The molecule has 1 saturated heterocycles. The Labute approximate surface area is 150 Å². The Kier molecular flexibility index (Phi) is 3.51. The number of rotatable bonds is 3. The molecule has 2 aliphatic rings. The first kappa shape index (κ1) is 15.5. The zero-order valence-electron chi connectivity index (χ0n) is 14.7. The number of fused-ring (bicyclic) bond motifs is 1. The lowest BCUT2D eigenvalue weighted by molar-refractivity contribution is 0.472. The van der Waals surface area contributed by atoms with E-state index in [-0.39, 0.29) is 5.56 Å². The molecule has 3 aromatic rings. The summed E-state index contributed by atoms with van der Waals surface area (Å²) in [5.41, 5.74) is 1.77. The van der Waals surface area contributed by atoms with Crippen LogP contribution in [0.1, 0.15) is 49.2 Å². The first-order valence-corrected chi connectivity index (χ1v) is 9.22. The number of aromatic nitrogens is 6. The number of piperidine rings is 1. The molecule has 0 unspecified atom stereocenters. The Balaban J connectivity index is 1.37. The summed E-state index contributed by atoms with van der Waals surface area (Å²) in [6.07, 6.45) is 7.58. The number of nitrogens with zero attached hydrogens (tertiary/aromatic N) is 7. The van der Waals surface area contributed by atoms with Crippen molar-refractivity contribution >= 4 is 11.5 Å². The molecule has 8 heteroatoms. The lowest BCUT2D eigenvalue weighted by atomic mass is 9.96. The van der Waals surface area contributed by atoms with E-state index >= 15 is 0 Å². The lowest BCUT2D eigenvalue weighted by Gasteiger charge is -2.31. The van der Waals surface area contributed by atoms with E-state index < -0.39 is 0 Å². The SMILES string of the molecule is Cc1ccc2nnc(C3CCN(c4nccn(C5CC5)c4=O)CC3)n2n1. The Morgan fingerprint density at radius 2 is 1.88 bits per heavy atom. The Hall–Kier alpha value is -2.77. The van der Waals surface area contributed by atoms with Crippen molar-refractivity contribution in [1.29, 1.82) is 0 Å². The van der Waals surface area contributed by atoms with E-state index in [1.54, 1.807) is 6.20 Å². The lowest BCUT2D eigenvalue weighted by Crippen LogP contribution is -2.39. The summed E-state index contributed by atoms with van der Waals surface area (Å²) in [7, 11) is 0. The highest BCUT2D eigenvalue weighted by Crippen LogP contribution is 2.34. The summed E-state index contributed by atoms with van der Waals surface area (Å²) in [5.74, 6) is 1.79. The molecule has 1 saturated carbocycles. The third kappa shape index (κ3) is 2.56. The van der Waals surface area contributed by atoms with Crippen molar-refractivity contribution in [2.45, 2.75) is 44.6 Å². The van der Waals surface area contributed by atoms with E-state index in [2.05, 4.69) is 25.2 Å². The third-order valence-electron chi connectivity index (χ3n) is 5.37. The van der Waals surface area contributed by atoms with Gasteiger partial charge in [-0.1, -0.05) is 0 Å². The Bertz CT molecular complexity index is 1010. The molecule has 0 bridgehead atoms. The largest absolute Gasteiger partial charge is 0.352 e. The fourth-order valence-corrected chi connectivity index (χ4v) is 3.77. The fraction of sp³-hybridized carbons (Fsp3) is 0.500. The topological polar surface area (TPSA) is 81.2 Å². The van der Waals surface area contributed by atoms with Crippen molar-refractivity contribution < 1.29 is 0 Å². The van der Waals surface area contributed by atoms with Crippen LogP contribution in [0.3, 0.4) is 0 Å². The molecule has 26 heavy (non-hydrogen) atoms. The predicted octanol–water partition coefficient (Wildman–Crippen LogP) is 1.71. The van der Waals surface area contributed by atoms with Gasteiger partial charge in [0.1, 0.15) is 0 Å². The van der Waals surface area contributed by atoms with Crippen molar-refractivity contribution in [3.8, 4) is 0 Å². The molecule has 0 spiro atoms. The van der Waals surface area contributed by atoms with Crippen LogP contribution in [0.25, 0.3) is 5.65 Å². The molecule has 1 aliphatic heterocycles. The smallest absolute Gasteiger partial charge is 0.293 e. The molecule has 3 aromatic heterocycles. The number of anilines is 1. The van der Waals surface area contributed by atoms with E-state index in [9.17, 15) is 4.79 Å². The van der Waals surface area contributed by atoms with Gasteiger partial charge in [-0.15, -0.1) is 10.2 Å². The molecule has 0 atom stereocenters. The van der Waals surface area contributed by atoms with Crippen LogP contribution in [0.2, 0.25) is 0 Å². The van der Waals surface area contributed by atoms with Gasteiger partial charge in [0.15, 0.2) is 17.3 Å². The van der Waals surface area contributed by atoms with Gasteiger partial charge in [-0.3, -0.25) is 4.79 Å². The van der Waals surface area contributed by atoms with Crippen molar-refractivity contribution in [1.82, 2.24) is 29.4 Å².